The summed E-state index contributed by atoms with van der Waals surface area (Å²) >= 11 is 12.8. The minimum Gasteiger partial charge on any atom is -0.371 e. The smallest absolute Gasteiger partial charge is 0.235 e. The molecule has 0 aliphatic carbocycles. The van der Waals surface area contributed by atoms with Gasteiger partial charge in [0.05, 0.1) is 16.2 Å². The maximum Gasteiger partial charge on any atom is 0.235 e. The minimum absolute atomic E-state index is 0.568. The monoisotopic (exact) mass is 520 g/mol. The number of aromatic nitrogens is 3. The molecule has 4 aromatic rings. The van der Waals surface area contributed by atoms with Crippen LogP contribution in [0.5, 0.6) is 0 Å². The molecular weight excluding hydrogens is 491 g/mol. The maximum absolute atomic E-state index is 6.39. The molecule has 6 rings (SSSR count). The molecule has 8 heteroatoms. The van der Waals surface area contributed by atoms with Crippen molar-refractivity contribution in [3.05, 3.63) is 71.1 Å². The van der Waals surface area contributed by atoms with E-state index in [-0.39, 0.29) is 0 Å². The summed E-state index contributed by atoms with van der Waals surface area (Å²) in [5.74, 6) is 1.34. The van der Waals surface area contributed by atoms with Crippen LogP contribution in [0.2, 0.25) is 10.0 Å². The Balaban J connectivity index is 1.13. The standard InChI is InChI=1S/C28H30Cl2N6/c1-34-13-9-28(10-14-34)11-15-35(16-12-28)22-7-5-21(6-8-22)32-25-19-36-18-20(17-31-27(36)33-25)26-23(29)3-2-4-24(26)30/h2-8,17-19,32H,9-16H2,1H3. The zero-order chi connectivity index (χ0) is 24.7. The zero-order valence-electron chi connectivity index (χ0n) is 20.4. The molecule has 0 unspecified atom stereocenters. The van der Waals surface area contributed by atoms with Crippen molar-refractivity contribution in [2.24, 2.45) is 5.41 Å². The van der Waals surface area contributed by atoms with E-state index in [2.05, 4.69) is 56.4 Å². The van der Waals surface area contributed by atoms with E-state index >= 15 is 0 Å². The third kappa shape index (κ3) is 4.65. The van der Waals surface area contributed by atoms with Gasteiger partial charge in [0, 0.05) is 48.0 Å². The molecule has 36 heavy (non-hydrogen) atoms. The lowest BCUT2D eigenvalue weighted by Gasteiger charge is -2.46. The van der Waals surface area contributed by atoms with Gasteiger partial charge in [0.1, 0.15) is 0 Å². The highest BCUT2D eigenvalue weighted by Gasteiger charge is 2.36. The summed E-state index contributed by atoms with van der Waals surface area (Å²) in [5.41, 5.74) is 4.48. The largest absolute Gasteiger partial charge is 0.371 e. The molecule has 0 atom stereocenters. The highest BCUT2D eigenvalue weighted by atomic mass is 35.5. The third-order valence-electron chi connectivity index (χ3n) is 7.94. The topological polar surface area (TPSA) is 48.7 Å². The van der Waals surface area contributed by atoms with E-state index in [0.29, 0.717) is 21.2 Å². The summed E-state index contributed by atoms with van der Waals surface area (Å²) in [6, 6.07) is 14.2. The number of hydrogen-bond acceptors (Lipinski definition) is 5. The lowest BCUT2D eigenvalue weighted by Crippen LogP contribution is -2.46. The number of benzene rings is 2. The van der Waals surface area contributed by atoms with E-state index in [9.17, 15) is 0 Å². The molecule has 2 aromatic carbocycles. The van der Waals surface area contributed by atoms with E-state index in [1.807, 2.05) is 35.0 Å². The van der Waals surface area contributed by atoms with Gasteiger partial charge in [-0.3, -0.25) is 4.40 Å². The molecule has 2 aliphatic rings. The molecule has 0 saturated carbocycles. The highest BCUT2D eigenvalue weighted by Crippen LogP contribution is 2.42. The molecule has 2 aromatic heterocycles. The molecule has 2 fully saturated rings. The summed E-state index contributed by atoms with van der Waals surface area (Å²) in [6.07, 6.45) is 10.9. The van der Waals surface area contributed by atoms with Crippen LogP contribution in [0.4, 0.5) is 17.2 Å². The first-order chi connectivity index (χ1) is 17.5. The Morgan fingerprint density at radius 2 is 1.53 bits per heavy atom. The predicted octanol–water partition coefficient (Wildman–Crippen LogP) is 6.76. The van der Waals surface area contributed by atoms with Crippen molar-refractivity contribution < 1.29 is 0 Å². The van der Waals surface area contributed by atoms with Crippen molar-refractivity contribution in [3.8, 4) is 11.1 Å². The van der Waals surface area contributed by atoms with Gasteiger partial charge >= 0.3 is 0 Å². The fraction of sp³-hybridized carbons (Fsp3) is 0.357. The Morgan fingerprint density at radius 3 is 2.22 bits per heavy atom. The maximum atomic E-state index is 6.39. The molecule has 4 heterocycles. The summed E-state index contributed by atoms with van der Waals surface area (Å²) in [4.78, 5) is 14.1. The van der Waals surface area contributed by atoms with Crippen molar-refractivity contribution in [3.63, 3.8) is 0 Å². The number of likely N-dealkylation sites (tertiary alicyclic amines) is 1. The quantitative estimate of drug-likeness (QED) is 0.322. The number of anilines is 3. The molecular formula is C28H30Cl2N6. The molecule has 0 radical (unpaired) electrons. The Hall–Kier alpha value is -2.80. The number of nitrogens with one attached hydrogen (secondary N) is 1. The second-order valence-electron chi connectivity index (χ2n) is 10.2. The number of hydrogen-bond donors (Lipinski definition) is 1. The van der Waals surface area contributed by atoms with Crippen LogP contribution >= 0.6 is 23.2 Å². The second-order valence-corrected chi connectivity index (χ2v) is 11.0. The number of fused-ring (bicyclic) bond motifs is 1. The van der Waals surface area contributed by atoms with Crippen LogP contribution < -0.4 is 10.2 Å². The van der Waals surface area contributed by atoms with E-state index in [4.69, 9.17) is 23.2 Å². The van der Waals surface area contributed by atoms with Crippen LogP contribution in [0.15, 0.2) is 61.1 Å². The molecule has 2 saturated heterocycles. The van der Waals surface area contributed by atoms with Gasteiger partial charge in [0.25, 0.3) is 0 Å². The molecule has 0 amide bonds. The second kappa shape index (κ2) is 9.58. The van der Waals surface area contributed by atoms with Crippen molar-refractivity contribution in [1.29, 1.82) is 0 Å². The minimum atomic E-state index is 0.568. The fourth-order valence-corrected chi connectivity index (χ4v) is 6.20. The fourth-order valence-electron chi connectivity index (χ4n) is 5.58. The highest BCUT2D eigenvalue weighted by molar-refractivity contribution is 6.39. The third-order valence-corrected chi connectivity index (χ3v) is 8.57. The first kappa shape index (κ1) is 23.6. The Labute approximate surface area is 221 Å². The summed E-state index contributed by atoms with van der Waals surface area (Å²) in [5, 5.41) is 4.60. The van der Waals surface area contributed by atoms with Gasteiger partial charge in [-0.1, -0.05) is 29.3 Å². The molecule has 6 nitrogen and oxygen atoms in total. The van der Waals surface area contributed by atoms with Crippen molar-refractivity contribution >= 4 is 46.2 Å². The lowest BCUT2D eigenvalue weighted by molar-refractivity contribution is 0.0945. The van der Waals surface area contributed by atoms with Crippen LogP contribution in [-0.4, -0.2) is 52.5 Å². The number of piperidine rings is 2. The number of rotatable bonds is 4. The van der Waals surface area contributed by atoms with Gasteiger partial charge in [0.2, 0.25) is 5.78 Å². The summed E-state index contributed by atoms with van der Waals surface area (Å²) < 4.78 is 1.89. The van der Waals surface area contributed by atoms with E-state index in [1.54, 1.807) is 6.20 Å². The Morgan fingerprint density at radius 1 is 0.861 bits per heavy atom. The molecule has 2 aliphatic heterocycles. The average Bonchev–Trinajstić information content (AvgIpc) is 3.29. The number of nitrogens with zero attached hydrogens (tertiary/aromatic N) is 5. The van der Waals surface area contributed by atoms with Crippen molar-refractivity contribution in [2.45, 2.75) is 25.7 Å². The van der Waals surface area contributed by atoms with Crippen molar-refractivity contribution in [1.82, 2.24) is 19.3 Å². The van der Waals surface area contributed by atoms with E-state index in [1.165, 1.54) is 44.5 Å². The summed E-state index contributed by atoms with van der Waals surface area (Å²) in [7, 11) is 2.24. The normalized spacial score (nSPS) is 18.1. The first-order valence-corrected chi connectivity index (χ1v) is 13.3. The van der Waals surface area contributed by atoms with Crippen LogP contribution in [0.3, 0.4) is 0 Å². The molecule has 1 N–H and O–H groups in total. The van der Waals surface area contributed by atoms with E-state index in [0.717, 1.165) is 35.7 Å². The number of halogens is 2. The van der Waals surface area contributed by atoms with Crippen molar-refractivity contribution in [2.75, 3.05) is 43.4 Å². The summed E-state index contributed by atoms with van der Waals surface area (Å²) in [6.45, 7) is 4.78. The van der Waals surface area contributed by atoms with Gasteiger partial charge < -0.3 is 15.1 Å². The van der Waals surface area contributed by atoms with Gasteiger partial charge in [0.15, 0.2) is 5.82 Å². The Bertz CT molecular complexity index is 1340. The van der Waals surface area contributed by atoms with Crippen LogP contribution in [0, 0.1) is 5.41 Å². The van der Waals surface area contributed by atoms with Gasteiger partial charge in [-0.15, -0.1) is 0 Å². The zero-order valence-corrected chi connectivity index (χ0v) is 21.9. The Kier molecular flexibility index (Phi) is 6.28. The predicted molar refractivity (Wildman–Crippen MR) is 149 cm³/mol. The molecule has 186 valence electrons. The average molecular weight is 521 g/mol. The van der Waals surface area contributed by atoms with Gasteiger partial charge in [-0.25, -0.2) is 4.98 Å². The van der Waals surface area contributed by atoms with Crippen LogP contribution in [0.25, 0.3) is 16.9 Å². The lowest BCUT2D eigenvalue weighted by atomic mass is 9.71. The number of imidazole rings is 1. The van der Waals surface area contributed by atoms with Crippen LogP contribution in [0.1, 0.15) is 25.7 Å². The van der Waals surface area contributed by atoms with Gasteiger partial charge in [-0.05, 0) is 87.6 Å². The van der Waals surface area contributed by atoms with Crippen LogP contribution in [-0.2, 0) is 0 Å². The SMILES string of the molecule is CN1CCC2(CC1)CCN(c1ccc(Nc3cn4cc(-c5c(Cl)cccc5Cl)cnc4n3)cc1)CC2. The molecule has 0 bridgehead atoms. The van der Waals surface area contributed by atoms with Gasteiger partial charge in [-0.2, -0.15) is 4.98 Å². The first-order valence-electron chi connectivity index (χ1n) is 12.6. The van der Waals surface area contributed by atoms with E-state index < -0.39 is 0 Å². The molecule has 1 spiro atoms.